The maximum atomic E-state index is 2.59. The van der Waals surface area contributed by atoms with Gasteiger partial charge in [-0.25, -0.2) is 4.57 Å². The van der Waals surface area contributed by atoms with Crippen molar-refractivity contribution < 1.29 is 4.48 Å². The number of anilines is 2. The van der Waals surface area contributed by atoms with Crippen LogP contribution in [-0.4, -0.2) is 11.5 Å². The van der Waals surface area contributed by atoms with Crippen molar-refractivity contribution in [2.24, 2.45) is 7.05 Å². The van der Waals surface area contributed by atoms with Crippen molar-refractivity contribution in [1.82, 2.24) is 4.57 Å². The molecule has 5 rings (SSSR count). The minimum Gasteiger partial charge on any atom is -0.338 e. The number of para-hydroxylation sites is 1. The maximum absolute atomic E-state index is 2.59. The lowest BCUT2D eigenvalue weighted by molar-refractivity contribution is -0.523. The number of rotatable bonds is 3. The Labute approximate surface area is 198 Å². The fourth-order valence-corrected chi connectivity index (χ4v) is 5.65. The van der Waals surface area contributed by atoms with Gasteiger partial charge in [0.1, 0.15) is 12.4 Å². The van der Waals surface area contributed by atoms with Crippen molar-refractivity contribution in [2.45, 2.75) is 47.5 Å². The quantitative estimate of drug-likeness (QED) is 0.375. The largest absolute Gasteiger partial charge is 0.542 e. The highest BCUT2D eigenvalue weighted by Crippen LogP contribution is 2.42. The van der Waals surface area contributed by atoms with Crippen LogP contribution in [0.2, 0.25) is 0 Å². The van der Waals surface area contributed by atoms with E-state index < -0.39 is 0 Å². The van der Waals surface area contributed by atoms with Gasteiger partial charge in [-0.15, -0.1) is 0 Å². The van der Waals surface area contributed by atoms with Crippen LogP contribution in [0.1, 0.15) is 47.6 Å². The van der Waals surface area contributed by atoms with E-state index in [2.05, 4.69) is 129 Å². The van der Waals surface area contributed by atoms with Crippen molar-refractivity contribution in [2.75, 3.05) is 4.81 Å². The molecule has 0 amide bonds. The first kappa shape index (κ1) is 21.6. The monoisotopic (exact) mass is 434 g/mol. The van der Waals surface area contributed by atoms with Crippen LogP contribution in [0.3, 0.4) is 0 Å². The van der Waals surface area contributed by atoms with Crippen LogP contribution in [0.5, 0.6) is 0 Å². The molecule has 33 heavy (non-hydrogen) atoms. The second-order valence-corrected chi connectivity index (χ2v) is 9.83. The van der Waals surface area contributed by atoms with Gasteiger partial charge in [0.05, 0.1) is 12.6 Å². The van der Waals surface area contributed by atoms with Crippen molar-refractivity contribution >= 4 is 23.8 Å². The van der Waals surface area contributed by atoms with Gasteiger partial charge in [0, 0.05) is 16.8 Å². The van der Waals surface area contributed by atoms with Gasteiger partial charge in [0.25, 0.3) is 5.82 Å². The Morgan fingerprint density at radius 2 is 1.39 bits per heavy atom. The molecule has 0 unspecified atom stereocenters. The number of hydrogen-bond donors (Lipinski definition) is 0. The summed E-state index contributed by atoms with van der Waals surface area (Å²) in [5.74, 6) is 1.69. The summed E-state index contributed by atoms with van der Waals surface area (Å²) >= 11 is 0. The Morgan fingerprint density at radius 3 is 2.09 bits per heavy atom. The number of aryl methyl sites for hydroxylation is 5. The van der Waals surface area contributed by atoms with Crippen molar-refractivity contribution in [3.63, 3.8) is 0 Å². The van der Waals surface area contributed by atoms with Crippen LogP contribution in [0.4, 0.5) is 11.4 Å². The summed E-state index contributed by atoms with van der Waals surface area (Å²) in [5.41, 5.74) is 11.9. The molecule has 3 aromatic carbocycles. The number of nitrogens with zero attached hydrogens (tertiary/aromatic N) is 3. The van der Waals surface area contributed by atoms with Gasteiger partial charge in [0.2, 0.25) is 0 Å². The van der Waals surface area contributed by atoms with Crippen molar-refractivity contribution in [3.05, 3.63) is 94.8 Å². The average Bonchev–Trinajstić information content (AvgIpc) is 3.15. The van der Waals surface area contributed by atoms with Crippen molar-refractivity contribution in [3.8, 4) is 11.4 Å². The third kappa shape index (κ3) is 3.23. The van der Waals surface area contributed by atoms with Gasteiger partial charge >= 0.3 is 6.98 Å². The summed E-state index contributed by atoms with van der Waals surface area (Å²) in [6.07, 6.45) is 4.45. The second kappa shape index (κ2) is 7.95. The number of aromatic nitrogens is 2. The van der Waals surface area contributed by atoms with Gasteiger partial charge in [-0.2, -0.15) is 0 Å². The summed E-state index contributed by atoms with van der Waals surface area (Å²) in [7, 11) is 2.16. The Hall–Kier alpha value is -3.27. The van der Waals surface area contributed by atoms with Gasteiger partial charge in [-0.05, 0) is 67.5 Å². The molecule has 4 heteroatoms. The predicted octanol–water partition coefficient (Wildman–Crippen LogP) is 5.73. The van der Waals surface area contributed by atoms with E-state index in [0.29, 0.717) is 5.92 Å². The maximum Gasteiger partial charge on any atom is 0.542 e. The molecule has 0 saturated carbocycles. The van der Waals surface area contributed by atoms with E-state index in [1.165, 1.54) is 56.0 Å². The molecule has 0 fully saturated rings. The van der Waals surface area contributed by atoms with E-state index in [1.54, 1.807) is 0 Å². The van der Waals surface area contributed by atoms with Crippen LogP contribution >= 0.6 is 0 Å². The molecule has 1 aliphatic rings. The molecule has 1 aromatic heterocycles. The molecule has 0 spiro atoms. The SMILES string of the molecule is Cc1cccc(C(C)C)c1B1N(c2c(C)cccc2C)c2cccc(C)c2-c2n(C)cc[n+]21. The number of benzene rings is 3. The van der Waals surface area contributed by atoms with E-state index >= 15 is 0 Å². The zero-order chi connectivity index (χ0) is 23.4. The Kier molecular flexibility index (Phi) is 5.20. The predicted molar refractivity (Wildman–Crippen MR) is 140 cm³/mol. The lowest BCUT2D eigenvalue weighted by Crippen LogP contribution is -2.71. The van der Waals surface area contributed by atoms with Gasteiger partial charge in [0.15, 0.2) is 0 Å². The molecule has 166 valence electrons. The first-order chi connectivity index (χ1) is 15.8. The van der Waals surface area contributed by atoms with Crippen LogP contribution in [0.25, 0.3) is 11.4 Å². The second-order valence-electron chi connectivity index (χ2n) is 9.83. The van der Waals surface area contributed by atoms with Gasteiger partial charge in [-0.3, -0.25) is 4.48 Å². The van der Waals surface area contributed by atoms with Crippen LogP contribution in [0.15, 0.2) is 67.0 Å². The summed E-state index contributed by atoms with van der Waals surface area (Å²) in [5, 5.41) is 0. The van der Waals surface area contributed by atoms with Gasteiger partial charge < -0.3 is 4.81 Å². The summed E-state index contributed by atoms with van der Waals surface area (Å²) < 4.78 is 4.75. The first-order valence-electron chi connectivity index (χ1n) is 11.9. The standard InChI is InChI=1S/C29H33BN3/c1-19(2)24-15-9-12-21(4)27(24)30-32-18-17-31(7)29(32)26-20(3)11-10-16-25(26)33(30)28-22(5)13-8-14-23(28)6/h8-19H,1-7H3/q+1. The minimum absolute atomic E-state index is 0.0360. The molecule has 0 N–H and O–H groups in total. The highest BCUT2D eigenvalue weighted by molar-refractivity contribution is 6.72. The normalized spacial score (nSPS) is 12.8. The molecule has 1 aliphatic heterocycles. The number of imidazole rings is 1. The Morgan fingerprint density at radius 1 is 0.788 bits per heavy atom. The molecule has 0 saturated heterocycles. The Balaban J connectivity index is 1.94. The smallest absolute Gasteiger partial charge is 0.338 e. The molecule has 4 aromatic rings. The summed E-state index contributed by atoms with van der Waals surface area (Å²) in [6.45, 7) is 13.6. The van der Waals surface area contributed by atoms with E-state index in [1.807, 2.05) is 0 Å². The molecular weight excluding hydrogens is 401 g/mol. The third-order valence-corrected chi connectivity index (χ3v) is 7.19. The molecule has 0 bridgehead atoms. The fourth-order valence-electron chi connectivity index (χ4n) is 5.65. The van der Waals surface area contributed by atoms with Crippen LogP contribution in [0, 0.1) is 27.7 Å². The van der Waals surface area contributed by atoms with Crippen LogP contribution in [-0.2, 0) is 7.05 Å². The van der Waals surface area contributed by atoms with E-state index in [-0.39, 0.29) is 6.98 Å². The Bertz CT molecular complexity index is 1350. The van der Waals surface area contributed by atoms with E-state index in [0.717, 1.165) is 0 Å². The van der Waals surface area contributed by atoms with E-state index in [4.69, 9.17) is 0 Å². The first-order valence-corrected chi connectivity index (χ1v) is 11.9. The lowest BCUT2D eigenvalue weighted by Gasteiger charge is -2.37. The zero-order valence-corrected chi connectivity index (χ0v) is 20.8. The van der Waals surface area contributed by atoms with Crippen molar-refractivity contribution in [1.29, 1.82) is 0 Å². The molecule has 0 radical (unpaired) electrons. The number of fused-ring (bicyclic) bond motifs is 3. The average molecular weight is 434 g/mol. The van der Waals surface area contributed by atoms with E-state index in [9.17, 15) is 0 Å². The summed E-state index contributed by atoms with van der Waals surface area (Å²) in [6, 6.07) is 20.1. The molecule has 0 atom stereocenters. The highest BCUT2D eigenvalue weighted by atomic mass is 15.2. The molecular formula is C29H33BN3+. The zero-order valence-electron chi connectivity index (χ0n) is 20.8. The molecule has 0 aliphatic carbocycles. The highest BCUT2D eigenvalue weighted by Gasteiger charge is 2.48. The van der Waals surface area contributed by atoms with Gasteiger partial charge in [-0.1, -0.05) is 62.4 Å². The lowest BCUT2D eigenvalue weighted by atomic mass is 9.58. The minimum atomic E-state index is 0.0360. The topological polar surface area (TPSA) is 12.1 Å². The number of hydrogen-bond acceptors (Lipinski definition) is 1. The third-order valence-electron chi connectivity index (χ3n) is 7.19. The fraction of sp³-hybridized carbons (Fsp3) is 0.276. The molecule has 3 nitrogen and oxygen atoms in total. The van der Waals surface area contributed by atoms with Crippen LogP contribution < -0.4 is 14.8 Å². The summed E-state index contributed by atoms with van der Waals surface area (Å²) in [4.78, 5) is 2.59. The molecule has 2 heterocycles.